The molecule has 2 N–H and O–H groups in total. The van der Waals surface area contributed by atoms with Crippen molar-refractivity contribution < 1.29 is 9.72 Å². The number of halogens is 1. The first-order chi connectivity index (χ1) is 6.02. The van der Waals surface area contributed by atoms with Crippen molar-refractivity contribution in [3.05, 3.63) is 33.9 Å². The Morgan fingerprint density at radius 1 is 1.54 bits per heavy atom. The fourth-order valence-corrected chi connectivity index (χ4v) is 0.992. The van der Waals surface area contributed by atoms with E-state index in [4.69, 9.17) is 17.3 Å². The third-order valence-corrected chi connectivity index (χ3v) is 1.66. The Morgan fingerprint density at radius 3 is 2.62 bits per heavy atom. The molecule has 13 heavy (non-hydrogen) atoms. The Bertz CT molecular complexity index is 378. The summed E-state index contributed by atoms with van der Waals surface area (Å²) >= 11 is 5.14. The Hall–Kier alpha value is -1.62. The summed E-state index contributed by atoms with van der Waals surface area (Å²) in [6.07, 6.45) is 0. The van der Waals surface area contributed by atoms with Crippen LogP contribution in [0.1, 0.15) is 10.4 Å². The van der Waals surface area contributed by atoms with Gasteiger partial charge in [-0.15, -0.1) is 0 Å². The molecule has 0 aliphatic rings. The summed E-state index contributed by atoms with van der Waals surface area (Å²) in [4.78, 5) is 20.4. The summed E-state index contributed by atoms with van der Waals surface area (Å²) in [7, 11) is 0. The normalized spacial score (nSPS) is 9.62. The number of non-ortho nitro benzene ring substituents is 1. The SMILES string of the molecule is Nc1ccc([N+](=O)[O-])cc1C(=O)Cl. The highest BCUT2D eigenvalue weighted by atomic mass is 35.5. The fourth-order valence-electron chi connectivity index (χ4n) is 0.828. The number of nitrogens with two attached hydrogens (primary N) is 1. The van der Waals surface area contributed by atoms with Crippen LogP contribution in [-0.4, -0.2) is 10.2 Å². The zero-order valence-corrected chi connectivity index (χ0v) is 7.12. The third kappa shape index (κ3) is 1.94. The number of nitrogen functional groups attached to an aromatic ring is 1. The Kier molecular flexibility index (Phi) is 2.48. The van der Waals surface area contributed by atoms with Gasteiger partial charge in [-0.3, -0.25) is 14.9 Å². The molecule has 0 bridgehead atoms. The molecule has 0 amide bonds. The highest BCUT2D eigenvalue weighted by Crippen LogP contribution is 2.20. The van der Waals surface area contributed by atoms with E-state index in [2.05, 4.69) is 0 Å². The number of nitro groups is 1. The molecule has 1 aromatic carbocycles. The summed E-state index contributed by atoms with van der Waals surface area (Å²) in [6, 6.07) is 3.52. The van der Waals surface area contributed by atoms with Gasteiger partial charge in [0.15, 0.2) is 0 Å². The first kappa shape index (κ1) is 9.47. The van der Waals surface area contributed by atoms with Gasteiger partial charge >= 0.3 is 0 Å². The minimum atomic E-state index is -0.804. The first-order valence-corrected chi connectivity index (χ1v) is 3.64. The molecule has 0 radical (unpaired) electrons. The van der Waals surface area contributed by atoms with E-state index in [0.29, 0.717) is 0 Å². The molecule has 1 rings (SSSR count). The van der Waals surface area contributed by atoms with Crippen LogP contribution in [0.5, 0.6) is 0 Å². The number of benzene rings is 1. The van der Waals surface area contributed by atoms with Gasteiger partial charge < -0.3 is 5.73 Å². The zero-order valence-electron chi connectivity index (χ0n) is 6.36. The van der Waals surface area contributed by atoms with Crippen molar-refractivity contribution in [2.45, 2.75) is 0 Å². The number of hydrogen-bond acceptors (Lipinski definition) is 4. The van der Waals surface area contributed by atoms with Gasteiger partial charge in [0, 0.05) is 17.8 Å². The van der Waals surface area contributed by atoms with E-state index in [1.165, 1.54) is 12.1 Å². The lowest BCUT2D eigenvalue weighted by Gasteiger charge is -1.98. The van der Waals surface area contributed by atoms with Crippen LogP contribution < -0.4 is 5.73 Å². The van der Waals surface area contributed by atoms with Gasteiger partial charge in [0.1, 0.15) is 0 Å². The molecular weight excluding hydrogens is 196 g/mol. The van der Waals surface area contributed by atoms with Crippen LogP contribution in [0, 0.1) is 10.1 Å². The number of carbonyl (C=O) groups is 1. The highest BCUT2D eigenvalue weighted by Gasteiger charge is 2.12. The van der Waals surface area contributed by atoms with E-state index in [9.17, 15) is 14.9 Å². The van der Waals surface area contributed by atoms with Crippen molar-refractivity contribution in [1.29, 1.82) is 0 Å². The first-order valence-electron chi connectivity index (χ1n) is 3.26. The average molecular weight is 201 g/mol. The topological polar surface area (TPSA) is 86.2 Å². The summed E-state index contributed by atoms with van der Waals surface area (Å²) in [5.74, 6) is 0. The Morgan fingerprint density at radius 2 is 2.15 bits per heavy atom. The molecule has 68 valence electrons. The molecule has 0 spiro atoms. The lowest BCUT2D eigenvalue weighted by Crippen LogP contribution is -1.99. The van der Waals surface area contributed by atoms with E-state index in [1.807, 2.05) is 0 Å². The molecule has 0 fully saturated rings. The Labute approximate surface area is 78.3 Å². The molecule has 0 heterocycles. The summed E-state index contributed by atoms with van der Waals surface area (Å²) in [6.45, 7) is 0. The molecule has 0 aromatic heterocycles. The molecule has 0 atom stereocenters. The van der Waals surface area contributed by atoms with Crippen LogP contribution in [-0.2, 0) is 0 Å². The van der Waals surface area contributed by atoms with Crippen LogP contribution in [0.15, 0.2) is 18.2 Å². The van der Waals surface area contributed by atoms with Crippen molar-refractivity contribution in [2.24, 2.45) is 0 Å². The minimum absolute atomic E-state index is 0.0455. The molecule has 0 aliphatic heterocycles. The molecule has 0 aliphatic carbocycles. The number of carbonyl (C=O) groups excluding carboxylic acids is 1. The van der Waals surface area contributed by atoms with Crippen LogP contribution in [0.25, 0.3) is 0 Å². The monoisotopic (exact) mass is 200 g/mol. The van der Waals surface area contributed by atoms with Gasteiger partial charge in [0.25, 0.3) is 10.9 Å². The number of rotatable bonds is 2. The van der Waals surface area contributed by atoms with Crippen molar-refractivity contribution in [3.8, 4) is 0 Å². The van der Waals surface area contributed by atoms with Crippen LogP contribution in [0.3, 0.4) is 0 Å². The molecule has 1 aromatic rings. The fraction of sp³-hybridized carbons (Fsp3) is 0. The number of hydrogen-bond donors (Lipinski definition) is 1. The van der Waals surface area contributed by atoms with Gasteiger partial charge in [-0.1, -0.05) is 0 Å². The van der Waals surface area contributed by atoms with E-state index in [0.717, 1.165) is 6.07 Å². The maximum atomic E-state index is 10.7. The second kappa shape index (κ2) is 3.40. The van der Waals surface area contributed by atoms with Gasteiger partial charge in [-0.25, -0.2) is 0 Å². The second-order valence-corrected chi connectivity index (χ2v) is 2.65. The summed E-state index contributed by atoms with van der Waals surface area (Å²) < 4.78 is 0. The molecule has 6 heteroatoms. The standard InChI is InChI=1S/C7H5ClN2O3/c8-7(11)5-3-4(10(12)13)1-2-6(5)9/h1-3H,9H2. The molecular formula is C7H5ClN2O3. The largest absolute Gasteiger partial charge is 0.398 e. The van der Waals surface area contributed by atoms with Gasteiger partial charge in [-0.05, 0) is 17.7 Å². The quantitative estimate of drug-likeness (QED) is 0.340. The summed E-state index contributed by atoms with van der Waals surface area (Å²) in [5.41, 5.74) is 5.24. The predicted molar refractivity (Wildman–Crippen MR) is 47.7 cm³/mol. The van der Waals surface area contributed by atoms with Crippen molar-refractivity contribution in [2.75, 3.05) is 5.73 Å². The van der Waals surface area contributed by atoms with E-state index < -0.39 is 10.2 Å². The van der Waals surface area contributed by atoms with Crippen LogP contribution in [0.2, 0.25) is 0 Å². The number of anilines is 1. The third-order valence-electron chi connectivity index (χ3n) is 1.46. The number of nitrogens with zero attached hydrogens (tertiary/aromatic N) is 1. The van der Waals surface area contributed by atoms with Gasteiger partial charge in [0.05, 0.1) is 10.5 Å². The van der Waals surface area contributed by atoms with E-state index >= 15 is 0 Å². The highest BCUT2D eigenvalue weighted by molar-refractivity contribution is 6.68. The lowest BCUT2D eigenvalue weighted by molar-refractivity contribution is -0.384. The van der Waals surface area contributed by atoms with Crippen molar-refractivity contribution in [3.63, 3.8) is 0 Å². The van der Waals surface area contributed by atoms with E-state index in [1.54, 1.807) is 0 Å². The van der Waals surface area contributed by atoms with E-state index in [-0.39, 0.29) is 16.9 Å². The maximum absolute atomic E-state index is 10.7. The van der Waals surface area contributed by atoms with Crippen molar-refractivity contribution >= 4 is 28.2 Å². The smallest absolute Gasteiger partial charge is 0.270 e. The van der Waals surface area contributed by atoms with Crippen LogP contribution in [0.4, 0.5) is 11.4 Å². The maximum Gasteiger partial charge on any atom is 0.270 e. The average Bonchev–Trinajstić information content (AvgIpc) is 2.04. The minimum Gasteiger partial charge on any atom is -0.398 e. The molecule has 0 saturated carbocycles. The zero-order chi connectivity index (χ0) is 10.0. The molecule has 5 nitrogen and oxygen atoms in total. The van der Waals surface area contributed by atoms with Crippen molar-refractivity contribution in [1.82, 2.24) is 0 Å². The van der Waals surface area contributed by atoms with Gasteiger partial charge in [0.2, 0.25) is 0 Å². The Balaban J connectivity index is 3.27. The number of nitro benzene ring substituents is 1. The second-order valence-electron chi connectivity index (χ2n) is 2.30. The van der Waals surface area contributed by atoms with Crippen LogP contribution >= 0.6 is 11.6 Å². The predicted octanol–water partition coefficient (Wildman–Crippen LogP) is 1.56. The molecule has 0 unspecified atom stereocenters. The molecule has 0 saturated heterocycles. The summed E-state index contributed by atoms with van der Waals surface area (Å²) in [5, 5.41) is 9.49. The lowest BCUT2D eigenvalue weighted by atomic mass is 10.2. The van der Waals surface area contributed by atoms with Gasteiger partial charge in [-0.2, -0.15) is 0 Å².